The average molecular weight is 312 g/mol. The lowest BCUT2D eigenvalue weighted by molar-refractivity contribution is -0.0863. The minimum atomic E-state index is -1.14. The number of hydrogen-bond donors (Lipinski definition) is 0. The third kappa shape index (κ3) is 8.12. The highest BCUT2D eigenvalue weighted by atomic mass is 32.2. The summed E-state index contributed by atoms with van der Waals surface area (Å²) in [4.78, 5) is 0.792. The van der Waals surface area contributed by atoms with Crippen LogP contribution in [0.4, 0.5) is 0 Å². The van der Waals surface area contributed by atoms with Crippen molar-refractivity contribution in [3.63, 3.8) is 0 Å². The lowest BCUT2D eigenvalue weighted by atomic mass is 10.2. The van der Waals surface area contributed by atoms with Gasteiger partial charge in [0.25, 0.3) is 0 Å². The maximum atomic E-state index is 12.1. The lowest BCUT2D eigenvalue weighted by Gasteiger charge is -2.13. The van der Waals surface area contributed by atoms with E-state index in [-0.39, 0.29) is 12.9 Å². The van der Waals surface area contributed by atoms with Crippen LogP contribution in [0.15, 0.2) is 46.7 Å². The Labute approximate surface area is 129 Å². The van der Waals surface area contributed by atoms with Gasteiger partial charge >= 0.3 is 0 Å². The Bertz CT molecular complexity index is 420. The minimum Gasteiger partial charge on any atom is -0.382 e. The fourth-order valence-corrected chi connectivity index (χ4v) is 2.55. The molecule has 1 aromatic carbocycles. The molecule has 0 saturated carbocycles. The van der Waals surface area contributed by atoms with E-state index in [9.17, 15) is 4.21 Å². The van der Waals surface area contributed by atoms with Crippen molar-refractivity contribution in [2.45, 2.75) is 30.8 Å². The Balaban J connectivity index is 2.41. The molecule has 0 heterocycles. The van der Waals surface area contributed by atoms with Gasteiger partial charge in [-0.2, -0.15) is 0 Å². The lowest BCUT2D eigenvalue weighted by Crippen LogP contribution is -2.14. The molecule has 0 aliphatic heterocycles. The van der Waals surface area contributed by atoms with Gasteiger partial charge in [-0.1, -0.05) is 31.5 Å². The Morgan fingerprint density at radius 3 is 2.67 bits per heavy atom. The Morgan fingerprint density at radius 1 is 1.24 bits per heavy atom. The first-order valence-corrected chi connectivity index (χ1v) is 8.31. The smallest absolute Gasteiger partial charge is 0.147 e. The van der Waals surface area contributed by atoms with Crippen LogP contribution >= 0.6 is 0 Å². The van der Waals surface area contributed by atoms with Crippen LogP contribution < -0.4 is 0 Å². The zero-order chi connectivity index (χ0) is 15.3. The quantitative estimate of drug-likeness (QED) is 0.465. The second-order valence-electron chi connectivity index (χ2n) is 4.45. The Hall–Kier alpha value is -1.01. The van der Waals surface area contributed by atoms with Gasteiger partial charge < -0.3 is 14.2 Å². The van der Waals surface area contributed by atoms with Crippen LogP contribution in [0.25, 0.3) is 0 Å². The van der Waals surface area contributed by atoms with Gasteiger partial charge in [-0.3, -0.25) is 0 Å². The molecular formula is C16H24O4S. The maximum absolute atomic E-state index is 12.1. The topological polar surface area (TPSA) is 44.8 Å². The highest BCUT2D eigenvalue weighted by Gasteiger charge is 2.05. The third-order valence-corrected chi connectivity index (χ3v) is 3.90. The molecule has 0 saturated heterocycles. The maximum Gasteiger partial charge on any atom is 0.147 e. The Morgan fingerprint density at radius 2 is 2.00 bits per heavy atom. The normalized spacial score (nSPS) is 14.4. The first-order chi connectivity index (χ1) is 10.3. The SMILES string of the molecule is CCC[C@@H](/C=C/S(=O)c1ccccc1)OCOCCOC. The molecule has 21 heavy (non-hydrogen) atoms. The molecule has 0 bridgehead atoms. The summed E-state index contributed by atoms with van der Waals surface area (Å²) in [6, 6.07) is 9.37. The van der Waals surface area contributed by atoms with Crippen LogP contribution in [0.3, 0.4) is 0 Å². The number of ether oxygens (including phenoxy) is 3. The van der Waals surface area contributed by atoms with Crippen LogP contribution in [-0.2, 0) is 25.0 Å². The minimum absolute atomic E-state index is 0.0785. The van der Waals surface area contributed by atoms with Gasteiger partial charge in [0, 0.05) is 17.4 Å². The van der Waals surface area contributed by atoms with Crippen LogP contribution in [-0.4, -0.2) is 37.4 Å². The van der Waals surface area contributed by atoms with Crippen LogP contribution in [0.1, 0.15) is 19.8 Å². The summed E-state index contributed by atoms with van der Waals surface area (Å²) in [6.45, 7) is 3.37. The molecular weight excluding hydrogens is 288 g/mol. The number of methoxy groups -OCH3 is 1. The van der Waals surface area contributed by atoms with Gasteiger partial charge in [-0.25, -0.2) is 4.21 Å². The average Bonchev–Trinajstić information content (AvgIpc) is 2.52. The van der Waals surface area contributed by atoms with E-state index in [4.69, 9.17) is 14.2 Å². The zero-order valence-electron chi connectivity index (χ0n) is 12.7. The van der Waals surface area contributed by atoms with E-state index in [2.05, 4.69) is 6.92 Å². The van der Waals surface area contributed by atoms with E-state index in [1.54, 1.807) is 12.5 Å². The van der Waals surface area contributed by atoms with E-state index in [1.807, 2.05) is 36.4 Å². The molecule has 0 aliphatic rings. The summed E-state index contributed by atoms with van der Waals surface area (Å²) in [5.74, 6) is 0. The summed E-state index contributed by atoms with van der Waals surface area (Å²) in [6.07, 6.45) is 3.64. The van der Waals surface area contributed by atoms with Crippen LogP contribution in [0.2, 0.25) is 0 Å². The summed E-state index contributed by atoms with van der Waals surface area (Å²) >= 11 is 0. The first-order valence-electron chi connectivity index (χ1n) is 7.10. The van der Waals surface area contributed by atoms with Gasteiger partial charge in [0.15, 0.2) is 0 Å². The highest BCUT2D eigenvalue weighted by molar-refractivity contribution is 7.88. The molecule has 2 atom stereocenters. The molecule has 0 aromatic heterocycles. The molecule has 1 rings (SSSR count). The molecule has 1 aromatic rings. The van der Waals surface area contributed by atoms with Crippen molar-refractivity contribution < 1.29 is 18.4 Å². The van der Waals surface area contributed by atoms with Crippen molar-refractivity contribution in [1.82, 2.24) is 0 Å². The van der Waals surface area contributed by atoms with Crippen molar-refractivity contribution in [2.75, 3.05) is 27.1 Å². The van der Waals surface area contributed by atoms with E-state index in [1.165, 1.54) is 0 Å². The molecule has 0 amide bonds. The predicted octanol–water partition coefficient (Wildman–Crippen LogP) is 3.11. The molecule has 118 valence electrons. The largest absolute Gasteiger partial charge is 0.382 e. The van der Waals surface area contributed by atoms with E-state index < -0.39 is 10.8 Å². The standard InChI is InChI=1S/C16H24O4S/c1-3-7-15(20-14-19-12-11-18-2)10-13-21(17)16-8-5-4-6-9-16/h4-6,8-10,13,15H,3,7,11-12,14H2,1-2H3/b13-10+/t15-,21?/m0/s1. The summed E-state index contributed by atoms with van der Waals surface area (Å²) in [7, 11) is 0.491. The summed E-state index contributed by atoms with van der Waals surface area (Å²) in [5.41, 5.74) is 0. The van der Waals surface area contributed by atoms with Crippen molar-refractivity contribution in [1.29, 1.82) is 0 Å². The van der Waals surface area contributed by atoms with Gasteiger partial charge in [0.1, 0.15) is 6.79 Å². The molecule has 5 heteroatoms. The third-order valence-electron chi connectivity index (χ3n) is 2.76. The molecule has 0 radical (unpaired) electrons. The van der Waals surface area contributed by atoms with Crippen LogP contribution in [0, 0.1) is 0 Å². The zero-order valence-corrected chi connectivity index (χ0v) is 13.5. The monoisotopic (exact) mass is 312 g/mol. The predicted molar refractivity (Wildman–Crippen MR) is 84.5 cm³/mol. The Kier molecular flexibility index (Phi) is 9.99. The molecule has 0 aliphatic carbocycles. The second-order valence-corrected chi connectivity index (χ2v) is 5.79. The first kappa shape index (κ1) is 18.0. The summed E-state index contributed by atoms with van der Waals surface area (Å²) in [5, 5.41) is 1.69. The van der Waals surface area contributed by atoms with Crippen molar-refractivity contribution in [3.05, 3.63) is 41.8 Å². The van der Waals surface area contributed by atoms with Crippen LogP contribution in [0.5, 0.6) is 0 Å². The number of hydrogen-bond acceptors (Lipinski definition) is 4. The highest BCUT2D eigenvalue weighted by Crippen LogP contribution is 2.10. The van der Waals surface area contributed by atoms with E-state index in [0.717, 1.165) is 17.7 Å². The molecule has 1 unspecified atom stereocenters. The number of benzene rings is 1. The van der Waals surface area contributed by atoms with E-state index >= 15 is 0 Å². The van der Waals surface area contributed by atoms with Crippen molar-refractivity contribution in [3.8, 4) is 0 Å². The fraction of sp³-hybridized carbons (Fsp3) is 0.500. The molecule has 4 nitrogen and oxygen atoms in total. The molecule has 0 spiro atoms. The van der Waals surface area contributed by atoms with E-state index in [0.29, 0.717) is 13.2 Å². The number of rotatable bonds is 11. The van der Waals surface area contributed by atoms with Gasteiger partial charge in [0.2, 0.25) is 0 Å². The van der Waals surface area contributed by atoms with Crippen molar-refractivity contribution in [2.24, 2.45) is 0 Å². The van der Waals surface area contributed by atoms with Gasteiger partial charge in [-0.15, -0.1) is 0 Å². The molecule has 0 N–H and O–H groups in total. The second kappa shape index (κ2) is 11.6. The molecule has 0 fully saturated rings. The summed E-state index contributed by atoms with van der Waals surface area (Å²) < 4.78 is 27.9. The fourth-order valence-electron chi connectivity index (χ4n) is 1.65. The van der Waals surface area contributed by atoms with Crippen molar-refractivity contribution >= 4 is 10.8 Å². The van der Waals surface area contributed by atoms with Gasteiger partial charge in [-0.05, 0) is 24.6 Å². The van der Waals surface area contributed by atoms with Gasteiger partial charge in [0.05, 0.1) is 30.1 Å².